The second-order valence-corrected chi connectivity index (χ2v) is 4.85. The lowest BCUT2D eigenvalue weighted by atomic mass is 10.2. The molecule has 1 amide bonds. The number of hydrogen-bond acceptors (Lipinski definition) is 2. The summed E-state index contributed by atoms with van der Waals surface area (Å²) in [5.41, 5.74) is 1.05. The van der Waals surface area contributed by atoms with E-state index in [1.165, 1.54) is 0 Å². The molecule has 0 saturated carbocycles. The van der Waals surface area contributed by atoms with Crippen molar-refractivity contribution in [2.24, 2.45) is 0 Å². The van der Waals surface area contributed by atoms with Crippen LogP contribution in [0.5, 0.6) is 11.5 Å². The predicted molar refractivity (Wildman–Crippen MR) is 78.7 cm³/mol. The normalized spacial score (nSPS) is 10.0. The first kappa shape index (κ1) is 13.6. The van der Waals surface area contributed by atoms with Crippen LogP contribution in [0.4, 0.5) is 4.79 Å². The fourth-order valence-electron chi connectivity index (χ4n) is 1.62. The molecule has 2 rings (SSSR count). The van der Waals surface area contributed by atoms with Gasteiger partial charge in [-0.15, -0.1) is 0 Å². The predicted octanol–water partition coefficient (Wildman–Crippen LogP) is 4.43. The van der Waals surface area contributed by atoms with Gasteiger partial charge in [0, 0.05) is 29.5 Å². The van der Waals surface area contributed by atoms with Crippen molar-refractivity contribution in [3.05, 3.63) is 60.2 Å². The second kappa shape index (κ2) is 6.38. The summed E-state index contributed by atoms with van der Waals surface area (Å²) in [6.07, 6.45) is 0. The number of carbonyl (C=O) groups is 1. The van der Waals surface area contributed by atoms with Crippen LogP contribution in [0, 0.1) is 0 Å². The standard InChI is InChI=1S/C15H14BrNO2/c1-17(15(16)18)11-12-7-9-14(10-8-12)19-13-5-3-2-4-6-13/h2-10H,11H2,1H3. The van der Waals surface area contributed by atoms with Crippen molar-refractivity contribution < 1.29 is 9.53 Å². The number of halogens is 1. The van der Waals surface area contributed by atoms with Gasteiger partial charge in [0.05, 0.1) is 0 Å². The van der Waals surface area contributed by atoms with Gasteiger partial charge in [0.25, 0.3) is 4.82 Å². The molecule has 0 N–H and O–H groups in total. The molecule has 0 saturated heterocycles. The quantitative estimate of drug-likeness (QED) is 0.616. The maximum absolute atomic E-state index is 11.1. The summed E-state index contributed by atoms with van der Waals surface area (Å²) in [4.78, 5) is 12.5. The minimum absolute atomic E-state index is 0.128. The zero-order valence-corrected chi connectivity index (χ0v) is 12.1. The Morgan fingerprint density at radius 1 is 1.05 bits per heavy atom. The van der Waals surface area contributed by atoms with E-state index in [0.29, 0.717) is 6.54 Å². The first-order chi connectivity index (χ1) is 9.15. The van der Waals surface area contributed by atoms with Gasteiger partial charge in [-0.05, 0) is 29.8 Å². The minimum atomic E-state index is -0.128. The number of amides is 1. The van der Waals surface area contributed by atoms with Gasteiger partial charge in [-0.25, -0.2) is 0 Å². The largest absolute Gasteiger partial charge is 0.457 e. The number of ether oxygens (including phenoxy) is 1. The molecule has 3 nitrogen and oxygen atoms in total. The molecule has 0 unspecified atom stereocenters. The van der Waals surface area contributed by atoms with Gasteiger partial charge in [0.1, 0.15) is 11.5 Å². The van der Waals surface area contributed by atoms with E-state index in [1.54, 1.807) is 11.9 Å². The highest BCUT2D eigenvalue weighted by Crippen LogP contribution is 2.21. The van der Waals surface area contributed by atoms with Crippen LogP contribution < -0.4 is 4.74 Å². The van der Waals surface area contributed by atoms with Crippen LogP contribution in [0.15, 0.2) is 54.6 Å². The molecule has 0 fully saturated rings. The molecule has 0 radical (unpaired) electrons. The average molecular weight is 320 g/mol. The van der Waals surface area contributed by atoms with Gasteiger partial charge in [0.2, 0.25) is 0 Å². The minimum Gasteiger partial charge on any atom is -0.457 e. The Kier molecular flexibility index (Phi) is 4.58. The van der Waals surface area contributed by atoms with Crippen molar-refractivity contribution in [3.8, 4) is 11.5 Å². The molecular formula is C15H14BrNO2. The van der Waals surface area contributed by atoms with Gasteiger partial charge in [-0.2, -0.15) is 0 Å². The fourth-order valence-corrected chi connectivity index (χ4v) is 1.75. The van der Waals surface area contributed by atoms with Gasteiger partial charge in [0.15, 0.2) is 0 Å². The van der Waals surface area contributed by atoms with Crippen molar-refractivity contribution >= 4 is 20.7 Å². The van der Waals surface area contributed by atoms with Crippen LogP contribution in [0.25, 0.3) is 0 Å². The fraction of sp³-hybridized carbons (Fsp3) is 0.133. The Labute approximate surface area is 120 Å². The van der Waals surface area contributed by atoms with Crippen molar-refractivity contribution in [1.29, 1.82) is 0 Å². The first-order valence-corrected chi connectivity index (χ1v) is 6.67. The van der Waals surface area contributed by atoms with Crippen molar-refractivity contribution in [2.75, 3.05) is 7.05 Å². The van der Waals surface area contributed by atoms with Gasteiger partial charge >= 0.3 is 0 Å². The van der Waals surface area contributed by atoms with Crippen LogP contribution in [-0.4, -0.2) is 16.8 Å². The lowest BCUT2D eigenvalue weighted by molar-refractivity contribution is 0.233. The molecular weight excluding hydrogens is 306 g/mol. The molecule has 4 heteroatoms. The molecule has 0 aliphatic heterocycles. The number of carbonyl (C=O) groups excluding carboxylic acids is 1. The van der Waals surface area contributed by atoms with Crippen LogP contribution >= 0.6 is 15.9 Å². The third-order valence-corrected chi connectivity index (χ3v) is 3.23. The van der Waals surface area contributed by atoms with E-state index in [2.05, 4.69) is 15.9 Å². The Bertz CT molecular complexity index is 540. The lowest BCUT2D eigenvalue weighted by Crippen LogP contribution is -2.19. The topological polar surface area (TPSA) is 29.5 Å². The summed E-state index contributed by atoms with van der Waals surface area (Å²) < 4.78 is 5.70. The van der Waals surface area contributed by atoms with Gasteiger partial charge in [-0.1, -0.05) is 30.3 Å². The van der Waals surface area contributed by atoms with E-state index < -0.39 is 0 Å². The molecule has 0 spiro atoms. The molecule has 98 valence electrons. The summed E-state index contributed by atoms with van der Waals surface area (Å²) in [5.74, 6) is 1.59. The van der Waals surface area contributed by atoms with Gasteiger partial charge in [-0.3, -0.25) is 4.79 Å². The molecule has 0 heterocycles. The van der Waals surface area contributed by atoms with E-state index in [4.69, 9.17) is 4.74 Å². The van der Waals surface area contributed by atoms with Crippen molar-refractivity contribution in [1.82, 2.24) is 4.90 Å². The summed E-state index contributed by atoms with van der Waals surface area (Å²) in [6.45, 7) is 0.565. The summed E-state index contributed by atoms with van der Waals surface area (Å²) >= 11 is 2.92. The van der Waals surface area contributed by atoms with Crippen LogP contribution in [0.2, 0.25) is 0 Å². The molecule has 19 heavy (non-hydrogen) atoms. The summed E-state index contributed by atoms with van der Waals surface area (Å²) in [5, 5.41) is 0. The third-order valence-electron chi connectivity index (χ3n) is 2.62. The molecule has 0 atom stereocenters. The van der Waals surface area contributed by atoms with Crippen LogP contribution in [0.1, 0.15) is 5.56 Å². The third kappa shape index (κ3) is 4.10. The highest BCUT2D eigenvalue weighted by Gasteiger charge is 2.05. The van der Waals surface area contributed by atoms with Crippen LogP contribution in [0.3, 0.4) is 0 Å². The Balaban J connectivity index is 2.01. The number of hydrogen-bond donors (Lipinski definition) is 0. The van der Waals surface area contributed by atoms with E-state index in [9.17, 15) is 4.79 Å². The van der Waals surface area contributed by atoms with E-state index in [1.807, 2.05) is 54.6 Å². The molecule has 0 aromatic heterocycles. The van der Waals surface area contributed by atoms with E-state index >= 15 is 0 Å². The SMILES string of the molecule is CN(Cc1ccc(Oc2ccccc2)cc1)C(=O)Br. The Morgan fingerprint density at radius 2 is 1.63 bits per heavy atom. The second-order valence-electron chi connectivity index (χ2n) is 4.17. The molecule has 0 aliphatic rings. The number of benzene rings is 2. The average Bonchev–Trinajstić information content (AvgIpc) is 2.42. The number of para-hydroxylation sites is 1. The van der Waals surface area contributed by atoms with Gasteiger partial charge < -0.3 is 9.64 Å². The maximum Gasteiger partial charge on any atom is 0.289 e. The van der Waals surface area contributed by atoms with E-state index in [0.717, 1.165) is 17.1 Å². The van der Waals surface area contributed by atoms with Crippen molar-refractivity contribution in [3.63, 3.8) is 0 Å². The monoisotopic (exact) mass is 319 g/mol. The smallest absolute Gasteiger partial charge is 0.289 e. The zero-order chi connectivity index (χ0) is 13.7. The molecule has 0 aliphatic carbocycles. The highest BCUT2D eigenvalue weighted by atomic mass is 79.9. The maximum atomic E-state index is 11.1. The first-order valence-electron chi connectivity index (χ1n) is 5.87. The zero-order valence-electron chi connectivity index (χ0n) is 10.5. The van der Waals surface area contributed by atoms with Crippen LogP contribution in [-0.2, 0) is 6.54 Å². The number of nitrogens with zero attached hydrogens (tertiary/aromatic N) is 1. The molecule has 2 aromatic carbocycles. The van der Waals surface area contributed by atoms with E-state index in [-0.39, 0.29) is 4.82 Å². The molecule has 0 bridgehead atoms. The van der Waals surface area contributed by atoms with Crippen molar-refractivity contribution in [2.45, 2.75) is 6.54 Å². The molecule has 2 aromatic rings. The highest BCUT2D eigenvalue weighted by molar-refractivity contribution is 9.18. The Morgan fingerprint density at radius 3 is 2.21 bits per heavy atom. The lowest BCUT2D eigenvalue weighted by Gasteiger charge is -2.13. The Hall–Kier alpha value is -1.81. The summed E-state index contributed by atoms with van der Waals surface area (Å²) in [7, 11) is 1.74. The summed E-state index contributed by atoms with van der Waals surface area (Å²) in [6, 6.07) is 17.3. The number of rotatable bonds is 4.